The van der Waals surface area contributed by atoms with Crippen molar-refractivity contribution in [2.75, 3.05) is 0 Å². The van der Waals surface area contributed by atoms with Gasteiger partial charge in [-0.25, -0.2) is 4.79 Å². The highest BCUT2D eigenvalue weighted by molar-refractivity contribution is 5.86. The maximum absolute atomic E-state index is 11.6. The van der Waals surface area contributed by atoms with Gasteiger partial charge in [0, 0.05) is 0 Å². The van der Waals surface area contributed by atoms with Gasteiger partial charge in [0.05, 0.1) is 12.2 Å². The Morgan fingerprint density at radius 1 is 1.47 bits per heavy atom. The lowest BCUT2D eigenvalue weighted by atomic mass is 10.2. The molecule has 5 heteroatoms. The topological polar surface area (TPSA) is 57.0 Å². The number of aromatic nitrogens is 3. The van der Waals surface area contributed by atoms with Crippen molar-refractivity contribution in [3.63, 3.8) is 0 Å². The van der Waals surface area contributed by atoms with Crippen LogP contribution >= 0.6 is 0 Å². The second-order valence-electron chi connectivity index (χ2n) is 4.65. The zero-order valence-corrected chi connectivity index (χ0v) is 9.81. The van der Waals surface area contributed by atoms with Crippen molar-refractivity contribution in [3.05, 3.63) is 11.9 Å². The minimum Gasteiger partial charge on any atom is -0.455 e. The molecule has 84 valence electrons. The molecule has 0 amide bonds. The lowest BCUT2D eigenvalue weighted by molar-refractivity contribution is 0.00618. The van der Waals surface area contributed by atoms with E-state index in [1.54, 1.807) is 0 Å². The minimum atomic E-state index is -0.501. The number of carbonyl (C=O) groups excluding carboxylic acids is 1. The van der Waals surface area contributed by atoms with E-state index in [0.29, 0.717) is 0 Å². The van der Waals surface area contributed by atoms with E-state index < -0.39 is 11.6 Å². The van der Waals surface area contributed by atoms with Gasteiger partial charge >= 0.3 is 5.97 Å². The Morgan fingerprint density at radius 3 is 2.47 bits per heavy atom. The molecule has 0 fully saturated rings. The first-order valence-electron chi connectivity index (χ1n) is 4.95. The number of nitrogens with zero attached hydrogens (tertiary/aromatic N) is 3. The summed E-state index contributed by atoms with van der Waals surface area (Å²) in [7, 11) is 0. The van der Waals surface area contributed by atoms with Crippen LogP contribution in [0.2, 0.25) is 0 Å². The van der Waals surface area contributed by atoms with E-state index in [9.17, 15) is 4.79 Å². The lowest BCUT2D eigenvalue weighted by Gasteiger charge is -2.18. The molecule has 0 saturated carbocycles. The molecule has 0 radical (unpaired) electrons. The summed E-state index contributed by atoms with van der Waals surface area (Å²) < 4.78 is 5.16. The molecule has 1 aromatic heterocycles. The van der Waals surface area contributed by atoms with Crippen molar-refractivity contribution in [1.82, 2.24) is 15.0 Å². The molecular weight excluding hydrogens is 194 g/mol. The lowest BCUT2D eigenvalue weighted by Crippen LogP contribution is -2.24. The van der Waals surface area contributed by atoms with E-state index in [4.69, 9.17) is 4.74 Å². The van der Waals surface area contributed by atoms with Crippen LogP contribution in [0.3, 0.4) is 0 Å². The minimum absolute atomic E-state index is 0.140. The van der Waals surface area contributed by atoms with E-state index in [0.717, 1.165) is 0 Å². The number of ether oxygens (including phenoxy) is 1. The van der Waals surface area contributed by atoms with Gasteiger partial charge in [-0.05, 0) is 34.6 Å². The van der Waals surface area contributed by atoms with E-state index >= 15 is 0 Å². The van der Waals surface area contributed by atoms with Crippen molar-refractivity contribution in [2.24, 2.45) is 0 Å². The highest BCUT2D eigenvalue weighted by Gasteiger charge is 2.20. The van der Waals surface area contributed by atoms with Crippen molar-refractivity contribution in [1.29, 1.82) is 0 Å². The Bertz CT molecular complexity index is 350. The maximum Gasteiger partial charge on any atom is 0.361 e. The molecule has 1 rings (SSSR count). The SMILES string of the molecule is CC(C)n1ncc(C(=O)OC(C)(C)C)n1. The number of hydrogen-bond donors (Lipinski definition) is 0. The van der Waals surface area contributed by atoms with Crippen LogP contribution in [-0.4, -0.2) is 26.6 Å². The predicted molar refractivity (Wildman–Crippen MR) is 55.6 cm³/mol. The van der Waals surface area contributed by atoms with Crippen molar-refractivity contribution < 1.29 is 9.53 Å². The van der Waals surface area contributed by atoms with E-state index in [1.165, 1.54) is 11.0 Å². The first kappa shape index (κ1) is 11.7. The summed E-state index contributed by atoms with van der Waals surface area (Å²) in [6, 6.07) is 0.140. The van der Waals surface area contributed by atoms with Crippen LogP contribution in [0.4, 0.5) is 0 Å². The third-order valence-corrected chi connectivity index (χ3v) is 1.58. The molecule has 0 aromatic carbocycles. The first-order chi connectivity index (χ1) is 6.79. The second-order valence-corrected chi connectivity index (χ2v) is 4.65. The van der Waals surface area contributed by atoms with E-state index in [2.05, 4.69) is 10.2 Å². The highest BCUT2D eigenvalue weighted by Crippen LogP contribution is 2.10. The molecule has 0 N–H and O–H groups in total. The molecule has 0 unspecified atom stereocenters. The zero-order chi connectivity index (χ0) is 11.6. The smallest absolute Gasteiger partial charge is 0.361 e. The fraction of sp³-hybridized carbons (Fsp3) is 0.700. The van der Waals surface area contributed by atoms with Gasteiger partial charge in [0.1, 0.15) is 5.60 Å². The van der Waals surface area contributed by atoms with Gasteiger partial charge in [0.15, 0.2) is 5.69 Å². The number of carbonyl (C=O) groups is 1. The molecular formula is C10H17N3O2. The van der Waals surface area contributed by atoms with Crippen LogP contribution in [-0.2, 0) is 4.74 Å². The van der Waals surface area contributed by atoms with Crippen LogP contribution in [0.15, 0.2) is 6.20 Å². The molecule has 0 aliphatic heterocycles. The van der Waals surface area contributed by atoms with Crippen LogP contribution in [0, 0.1) is 0 Å². The first-order valence-corrected chi connectivity index (χ1v) is 4.95. The summed E-state index contributed by atoms with van der Waals surface area (Å²) >= 11 is 0. The molecule has 0 bridgehead atoms. The van der Waals surface area contributed by atoms with Gasteiger partial charge in [-0.3, -0.25) is 0 Å². The van der Waals surface area contributed by atoms with E-state index in [-0.39, 0.29) is 11.7 Å². The average Bonchev–Trinajstić information content (AvgIpc) is 2.47. The molecule has 0 spiro atoms. The van der Waals surface area contributed by atoms with Gasteiger partial charge in [0.25, 0.3) is 0 Å². The van der Waals surface area contributed by atoms with E-state index in [1.807, 2.05) is 34.6 Å². The van der Waals surface area contributed by atoms with Crippen LogP contribution in [0.5, 0.6) is 0 Å². The standard InChI is InChI=1S/C10H17N3O2/c1-7(2)13-11-6-8(12-13)9(14)15-10(3,4)5/h6-7H,1-5H3. The van der Waals surface area contributed by atoms with Gasteiger partial charge in [-0.15, -0.1) is 5.10 Å². The Hall–Kier alpha value is -1.39. The largest absolute Gasteiger partial charge is 0.455 e. The molecule has 0 aliphatic carbocycles. The normalized spacial score (nSPS) is 11.9. The van der Waals surface area contributed by atoms with Crippen molar-refractivity contribution >= 4 is 5.97 Å². The average molecular weight is 211 g/mol. The maximum atomic E-state index is 11.6. The zero-order valence-electron chi connectivity index (χ0n) is 9.81. The molecule has 1 heterocycles. The second kappa shape index (κ2) is 4.00. The van der Waals surface area contributed by atoms with Crippen molar-refractivity contribution in [3.8, 4) is 0 Å². The molecule has 0 aliphatic rings. The summed E-state index contributed by atoms with van der Waals surface area (Å²) in [5.41, 5.74) is -0.253. The summed E-state index contributed by atoms with van der Waals surface area (Å²) in [4.78, 5) is 13.0. The molecule has 5 nitrogen and oxygen atoms in total. The quantitative estimate of drug-likeness (QED) is 0.700. The van der Waals surface area contributed by atoms with Gasteiger partial charge in [-0.1, -0.05) is 0 Å². The Balaban J connectivity index is 2.75. The number of hydrogen-bond acceptors (Lipinski definition) is 4. The van der Waals surface area contributed by atoms with Gasteiger partial charge in [0.2, 0.25) is 0 Å². The van der Waals surface area contributed by atoms with Crippen LogP contribution in [0.1, 0.15) is 51.1 Å². The van der Waals surface area contributed by atoms with Gasteiger partial charge in [-0.2, -0.15) is 9.90 Å². The summed E-state index contributed by atoms with van der Waals surface area (Å²) in [6.45, 7) is 9.34. The number of esters is 1. The fourth-order valence-electron chi connectivity index (χ4n) is 0.949. The third kappa shape index (κ3) is 3.34. The highest BCUT2D eigenvalue weighted by atomic mass is 16.6. The Labute approximate surface area is 89.4 Å². The fourth-order valence-corrected chi connectivity index (χ4v) is 0.949. The molecule has 0 atom stereocenters. The summed E-state index contributed by atoms with van der Waals surface area (Å²) in [5.74, 6) is -0.436. The van der Waals surface area contributed by atoms with Crippen LogP contribution in [0.25, 0.3) is 0 Å². The van der Waals surface area contributed by atoms with Gasteiger partial charge < -0.3 is 4.74 Å². The third-order valence-electron chi connectivity index (χ3n) is 1.58. The monoisotopic (exact) mass is 211 g/mol. The predicted octanol–water partition coefficient (Wildman–Crippen LogP) is 1.81. The van der Waals surface area contributed by atoms with Crippen molar-refractivity contribution in [2.45, 2.75) is 46.3 Å². The molecule has 1 aromatic rings. The number of rotatable bonds is 2. The molecule has 0 saturated heterocycles. The molecule has 15 heavy (non-hydrogen) atoms. The Kier molecular flexibility index (Phi) is 3.12. The Morgan fingerprint density at radius 2 is 2.07 bits per heavy atom. The summed E-state index contributed by atoms with van der Waals surface area (Å²) in [5, 5.41) is 8.00. The van der Waals surface area contributed by atoms with Crippen LogP contribution < -0.4 is 0 Å². The summed E-state index contributed by atoms with van der Waals surface area (Å²) in [6.07, 6.45) is 1.42.